The second-order valence-electron chi connectivity index (χ2n) is 11.0. The highest BCUT2D eigenvalue weighted by molar-refractivity contribution is 8.45. The van der Waals surface area contributed by atoms with Gasteiger partial charge in [0.2, 0.25) is 5.91 Å². The molecule has 220 valence electrons. The van der Waals surface area contributed by atoms with Crippen LogP contribution < -0.4 is 16.4 Å². The van der Waals surface area contributed by atoms with Crippen LogP contribution in [0.4, 0.5) is 30.0 Å². The Bertz CT molecular complexity index is 1450. The second-order valence-corrected chi connectivity index (χ2v) is 14.3. The van der Waals surface area contributed by atoms with Crippen molar-refractivity contribution >= 4 is 51.2 Å². The first-order valence-electron chi connectivity index (χ1n) is 11.8. The number of rotatable bonds is 8. The average molecular weight is 631 g/mol. The van der Waals surface area contributed by atoms with Crippen LogP contribution >= 0.6 is 33.4 Å². The Labute approximate surface area is 235 Å². The molecule has 40 heavy (non-hydrogen) atoms. The lowest BCUT2D eigenvalue weighted by Gasteiger charge is -2.40. The molecular formula is C23H25Cl2F5N6O3S. The van der Waals surface area contributed by atoms with E-state index in [1.165, 1.54) is 0 Å². The van der Waals surface area contributed by atoms with Crippen molar-refractivity contribution < 1.29 is 33.8 Å². The maximum absolute atomic E-state index is 13.5. The predicted molar refractivity (Wildman–Crippen MR) is 140 cm³/mol. The molecule has 17 heteroatoms. The van der Waals surface area contributed by atoms with Crippen LogP contribution in [0.1, 0.15) is 57.7 Å². The zero-order valence-electron chi connectivity index (χ0n) is 21.4. The molecule has 2 amide bonds. The molecule has 0 spiro atoms. The Morgan fingerprint density at radius 2 is 1.70 bits per heavy atom. The van der Waals surface area contributed by atoms with E-state index in [4.69, 9.17) is 33.7 Å². The van der Waals surface area contributed by atoms with Gasteiger partial charge in [-0.1, -0.05) is 42.6 Å². The van der Waals surface area contributed by atoms with Crippen LogP contribution in [-0.4, -0.2) is 39.5 Å². The number of primary amides is 1. The van der Waals surface area contributed by atoms with Crippen molar-refractivity contribution in [1.82, 2.24) is 15.1 Å². The Hall–Kier alpha value is -2.96. The van der Waals surface area contributed by atoms with Crippen LogP contribution in [0.15, 0.2) is 17.0 Å². The van der Waals surface area contributed by atoms with E-state index in [1.807, 2.05) is 6.07 Å². The molecule has 0 aliphatic heterocycles. The lowest BCUT2D eigenvalue weighted by molar-refractivity contribution is -0.120. The monoisotopic (exact) mass is 630 g/mol. The number of anilines is 1. The van der Waals surface area contributed by atoms with Gasteiger partial charge in [0.25, 0.3) is 0 Å². The topological polar surface area (TPSA) is 135 Å². The van der Waals surface area contributed by atoms with Crippen molar-refractivity contribution in [2.75, 3.05) is 11.9 Å². The van der Waals surface area contributed by atoms with E-state index in [9.17, 15) is 34.3 Å². The van der Waals surface area contributed by atoms with Crippen LogP contribution in [0.2, 0.25) is 10.0 Å². The Balaban J connectivity index is 1.81. The molecule has 2 aliphatic rings. The van der Waals surface area contributed by atoms with Gasteiger partial charge in [-0.2, -0.15) is 10.4 Å². The summed E-state index contributed by atoms with van der Waals surface area (Å²) in [5.74, 6) is -0.857. The van der Waals surface area contributed by atoms with Crippen molar-refractivity contribution in [1.29, 1.82) is 5.26 Å². The molecule has 2 aliphatic carbocycles. The number of aromatic nitrogens is 2. The van der Waals surface area contributed by atoms with Gasteiger partial charge in [-0.3, -0.25) is 4.79 Å². The summed E-state index contributed by atoms with van der Waals surface area (Å²) in [6, 6.07) is 1.87. The molecule has 1 aromatic carbocycles. The third kappa shape index (κ3) is 5.89. The fourth-order valence-electron chi connectivity index (χ4n) is 4.21. The molecular weight excluding hydrogens is 606 g/mol. The Kier molecular flexibility index (Phi) is 6.40. The number of nitrogens with zero attached hydrogens (tertiary/aromatic N) is 3. The molecule has 2 saturated carbocycles. The molecule has 4 rings (SSSR count). The summed E-state index contributed by atoms with van der Waals surface area (Å²) in [6.07, 6.45) is 0.710. The maximum atomic E-state index is 13.5. The van der Waals surface area contributed by atoms with Gasteiger partial charge in [0.1, 0.15) is 28.1 Å². The van der Waals surface area contributed by atoms with Crippen molar-refractivity contribution in [2.45, 2.75) is 67.9 Å². The van der Waals surface area contributed by atoms with E-state index in [-0.39, 0.29) is 48.6 Å². The number of amides is 2. The standard InChI is InChI=1S/C23H25Cl2F5N6O3S/c1-21(2,3)34-20(38)39-22(4-5-22)11-33-18-16(23(6-7-23)19(32)37)15(10-31)35-36(18)17-13(24)8-12(9-14(17)25)40(26,27,28,29)30/h8-9,33H,4-7,11H2,1-3H3,(H2,32,37)(H,34,38). The van der Waals surface area contributed by atoms with E-state index < -0.39 is 59.4 Å². The molecule has 0 radical (unpaired) electrons. The minimum absolute atomic E-state index is 0.0187. The number of nitriles is 1. The average Bonchev–Trinajstić information content (AvgIpc) is 3.68. The molecule has 0 atom stereocenters. The van der Waals surface area contributed by atoms with Crippen LogP contribution in [0.5, 0.6) is 0 Å². The van der Waals surface area contributed by atoms with Gasteiger partial charge in [0.15, 0.2) is 5.69 Å². The summed E-state index contributed by atoms with van der Waals surface area (Å²) < 4.78 is 73.8. The van der Waals surface area contributed by atoms with E-state index in [0.717, 1.165) is 4.68 Å². The molecule has 1 aromatic heterocycles. The van der Waals surface area contributed by atoms with Crippen molar-refractivity contribution in [3.8, 4) is 11.8 Å². The third-order valence-electron chi connectivity index (χ3n) is 6.51. The van der Waals surface area contributed by atoms with Gasteiger partial charge < -0.3 is 21.1 Å². The van der Waals surface area contributed by atoms with E-state index in [1.54, 1.807) is 20.8 Å². The number of carbonyl (C=O) groups is 2. The summed E-state index contributed by atoms with van der Waals surface area (Å²) in [7, 11) is -10.2. The van der Waals surface area contributed by atoms with Crippen molar-refractivity contribution in [2.24, 2.45) is 5.73 Å². The summed E-state index contributed by atoms with van der Waals surface area (Å²) in [5, 5.41) is 17.9. The van der Waals surface area contributed by atoms with Crippen LogP contribution in [0.25, 0.3) is 5.69 Å². The summed E-state index contributed by atoms with van der Waals surface area (Å²) >= 11 is 12.1. The maximum Gasteiger partial charge on any atom is 0.408 e. The predicted octanol–water partition coefficient (Wildman–Crippen LogP) is 6.69. The Morgan fingerprint density at radius 3 is 2.10 bits per heavy atom. The minimum atomic E-state index is -10.2. The number of nitrogens with two attached hydrogens (primary N) is 1. The third-order valence-corrected chi connectivity index (χ3v) is 8.21. The number of nitrogens with one attached hydrogen (secondary N) is 2. The van der Waals surface area contributed by atoms with Gasteiger partial charge in [0.05, 0.1) is 22.0 Å². The van der Waals surface area contributed by atoms with Crippen molar-refractivity contribution in [3.63, 3.8) is 0 Å². The molecule has 9 nitrogen and oxygen atoms in total. The quantitative estimate of drug-likeness (QED) is 0.278. The number of hydrogen-bond acceptors (Lipinski definition) is 6. The largest absolute Gasteiger partial charge is 0.441 e. The number of carbonyl (C=O) groups excluding carboxylic acids is 2. The first-order chi connectivity index (χ1) is 18.0. The normalized spacial score (nSPS) is 19.0. The fourth-order valence-corrected chi connectivity index (χ4v) is 5.67. The molecule has 4 N–H and O–H groups in total. The lowest BCUT2D eigenvalue weighted by atomic mass is 9.94. The molecule has 0 bridgehead atoms. The van der Waals surface area contributed by atoms with Crippen LogP contribution in [0, 0.1) is 11.3 Å². The van der Waals surface area contributed by atoms with E-state index in [0.29, 0.717) is 12.8 Å². The lowest BCUT2D eigenvalue weighted by Crippen LogP contribution is -2.44. The highest BCUT2D eigenvalue weighted by Crippen LogP contribution is 3.02. The highest BCUT2D eigenvalue weighted by atomic mass is 35.5. The van der Waals surface area contributed by atoms with Crippen LogP contribution in [-0.2, 0) is 14.9 Å². The smallest absolute Gasteiger partial charge is 0.408 e. The number of ether oxygens (including phenoxy) is 1. The van der Waals surface area contributed by atoms with Crippen LogP contribution in [0.3, 0.4) is 0 Å². The zero-order chi connectivity index (χ0) is 30.2. The number of hydrogen-bond donors (Lipinski definition) is 3. The van der Waals surface area contributed by atoms with Gasteiger partial charge in [-0.05, 0) is 58.6 Å². The first kappa shape index (κ1) is 30.0. The Morgan fingerprint density at radius 1 is 1.15 bits per heavy atom. The molecule has 2 fully saturated rings. The molecule has 1 heterocycles. The zero-order valence-corrected chi connectivity index (χ0v) is 23.7. The highest BCUT2D eigenvalue weighted by Gasteiger charge is 2.66. The summed E-state index contributed by atoms with van der Waals surface area (Å²) in [5.41, 5.74) is 2.03. The number of halogens is 7. The number of alkyl carbamates (subject to hydrolysis) is 1. The summed E-state index contributed by atoms with van der Waals surface area (Å²) in [4.78, 5) is 22.5. The molecule has 2 aromatic rings. The van der Waals surface area contributed by atoms with Crippen molar-refractivity contribution in [3.05, 3.63) is 33.4 Å². The van der Waals surface area contributed by atoms with E-state index in [2.05, 4.69) is 15.7 Å². The van der Waals surface area contributed by atoms with E-state index >= 15 is 0 Å². The van der Waals surface area contributed by atoms with Gasteiger partial charge >= 0.3 is 16.3 Å². The first-order valence-corrected chi connectivity index (χ1v) is 14.5. The second kappa shape index (κ2) is 8.53. The minimum Gasteiger partial charge on any atom is -0.441 e. The van der Waals surface area contributed by atoms with Gasteiger partial charge in [-0.25, -0.2) is 9.48 Å². The van der Waals surface area contributed by atoms with Gasteiger partial charge in [-0.15, -0.1) is 0 Å². The number of benzene rings is 1. The molecule has 0 unspecified atom stereocenters. The SMILES string of the molecule is CC(C)(C)NC(=O)OC1(CNc2c(C3(C(N)=O)CC3)c(C#N)nn2-c2c(Cl)cc(S(F)(F)(F)(F)F)cc2Cl)CC1. The fraction of sp³-hybridized carbons (Fsp3) is 0.478. The summed E-state index contributed by atoms with van der Waals surface area (Å²) in [6.45, 7) is 5.21. The molecule has 0 saturated heterocycles. The van der Waals surface area contributed by atoms with Gasteiger partial charge in [0, 0.05) is 11.1 Å².